The van der Waals surface area contributed by atoms with Gasteiger partial charge in [0.05, 0.1) is 11.7 Å². The Kier molecular flexibility index (Phi) is 3.86. The zero-order valence-electron chi connectivity index (χ0n) is 15.5. The number of nitrogens with zero attached hydrogens (tertiary/aromatic N) is 2. The highest BCUT2D eigenvalue weighted by atomic mass is 19.4. The van der Waals surface area contributed by atoms with E-state index in [1.807, 2.05) is 6.20 Å². The molecule has 2 heterocycles. The van der Waals surface area contributed by atoms with Gasteiger partial charge in [-0.3, -0.25) is 0 Å². The molecule has 0 aromatic carbocycles. The molecule has 3 N–H and O–H groups in total. The third-order valence-corrected chi connectivity index (χ3v) is 6.81. The van der Waals surface area contributed by atoms with E-state index in [0.29, 0.717) is 24.3 Å². The van der Waals surface area contributed by atoms with Crippen LogP contribution in [0.15, 0.2) is 30.2 Å². The molecule has 1 aliphatic heterocycles. The highest BCUT2D eigenvalue weighted by Gasteiger charge is 2.61. The Morgan fingerprint density at radius 2 is 1.96 bits per heavy atom. The number of allylic oxidation sites excluding steroid dienone is 2. The number of aliphatic hydroxyl groups excluding tert-OH is 1. The summed E-state index contributed by atoms with van der Waals surface area (Å²) in [5, 5.41) is 10.8. The summed E-state index contributed by atoms with van der Waals surface area (Å²) in [6, 6.07) is 1.11. The van der Waals surface area contributed by atoms with Crippen molar-refractivity contribution in [3.8, 4) is 0 Å². The van der Waals surface area contributed by atoms with Crippen molar-refractivity contribution < 1.29 is 18.3 Å². The minimum atomic E-state index is -4.53. The summed E-state index contributed by atoms with van der Waals surface area (Å²) < 4.78 is 39.8. The van der Waals surface area contributed by atoms with E-state index in [1.165, 1.54) is 6.20 Å². The maximum absolute atomic E-state index is 13.3. The lowest BCUT2D eigenvalue weighted by atomic mass is 9.49. The monoisotopic (exact) mass is 391 g/mol. The SMILES string of the molecule is Nc1ncc(C2=CN(C34CC(C3)C4)C([C@H](O)C3CC3)=CCC2)cc1C(F)(F)F. The molecular formula is C21H24F3N3O. The fraction of sp³-hybridized carbons (Fsp3) is 0.571. The first kappa shape index (κ1) is 18.0. The normalized spacial score (nSPS) is 30.6. The van der Waals surface area contributed by atoms with Gasteiger partial charge in [-0.1, -0.05) is 6.08 Å². The molecule has 1 atom stereocenters. The highest BCUT2D eigenvalue weighted by Crippen LogP contribution is 2.62. The molecule has 0 radical (unpaired) electrons. The van der Waals surface area contributed by atoms with Gasteiger partial charge in [-0.25, -0.2) is 4.98 Å². The van der Waals surface area contributed by atoms with Crippen LogP contribution in [0.3, 0.4) is 0 Å². The number of aromatic nitrogens is 1. The van der Waals surface area contributed by atoms with Crippen LogP contribution in [-0.2, 0) is 6.18 Å². The predicted molar refractivity (Wildman–Crippen MR) is 99.6 cm³/mol. The maximum atomic E-state index is 13.3. The largest absolute Gasteiger partial charge is 0.419 e. The van der Waals surface area contributed by atoms with Gasteiger partial charge in [-0.05, 0) is 74.0 Å². The molecule has 5 aliphatic rings. The van der Waals surface area contributed by atoms with Gasteiger partial charge in [-0.15, -0.1) is 0 Å². The first-order chi connectivity index (χ1) is 13.3. The smallest absolute Gasteiger partial charge is 0.387 e. The van der Waals surface area contributed by atoms with Crippen LogP contribution in [-0.4, -0.2) is 26.6 Å². The van der Waals surface area contributed by atoms with Crippen LogP contribution in [0.2, 0.25) is 0 Å². The molecule has 2 bridgehead atoms. The molecular weight excluding hydrogens is 367 g/mol. The van der Waals surface area contributed by atoms with Crippen molar-refractivity contribution in [3.63, 3.8) is 0 Å². The van der Waals surface area contributed by atoms with Crippen molar-refractivity contribution >= 4 is 11.4 Å². The van der Waals surface area contributed by atoms with Gasteiger partial charge in [0.15, 0.2) is 0 Å². The van der Waals surface area contributed by atoms with Crippen LogP contribution in [0.5, 0.6) is 0 Å². The predicted octanol–water partition coefficient (Wildman–Crippen LogP) is 4.33. The number of hydrogen-bond acceptors (Lipinski definition) is 4. The van der Waals surface area contributed by atoms with Gasteiger partial charge >= 0.3 is 6.18 Å². The lowest BCUT2D eigenvalue weighted by molar-refractivity contribution is -0.137. The van der Waals surface area contributed by atoms with Crippen molar-refractivity contribution in [1.29, 1.82) is 0 Å². The molecule has 4 fully saturated rings. The zero-order chi connectivity index (χ0) is 19.7. The Morgan fingerprint density at radius 1 is 1.25 bits per heavy atom. The van der Waals surface area contributed by atoms with Crippen molar-refractivity contribution in [2.45, 2.75) is 62.8 Å². The Hall–Kier alpha value is -2.02. The number of halogens is 3. The molecule has 28 heavy (non-hydrogen) atoms. The molecule has 0 unspecified atom stereocenters. The van der Waals surface area contributed by atoms with E-state index in [0.717, 1.165) is 55.4 Å². The van der Waals surface area contributed by atoms with E-state index < -0.39 is 23.7 Å². The summed E-state index contributed by atoms with van der Waals surface area (Å²) in [4.78, 5) is 6.00. The number of nitrogens with two attached hydrogens (primary N) is 1. The number of rotatable bonds is 4. The Bertz CT molecular complexity index is 855. The van der Waals surface area contributed by atoms with Crippen LogP contribution < -0.4 is 5.73 Å². The highest BCUT2D eigenvalue weighted by molar-refractivity contribution is 5.68. The van der Waals surface area contributed by atoms with Crippen molar-refractivity contribution in [2.24, 2.45) is 11.8 Å². The van der Waals surface area contributed by atoms with Gasteiger partial charge in [0, 0.05) is 23.6 Å². The first-order valence-corrected chi connectivity index (χ1v) is 9.98. The second kappa shape index (κ2) is 5.99. The number of alkyl halides is 3. The van der Waals surface area contributed by atoms with Gasteiger partial charge in [-0.2, -0.15) is 13.2 Å². The maximum Gasteiger partial charge on any atom is 0.419 e. The summed E-state index contributed by atoms with van der Waals surface area (Å²) in [5.74, 6) is 0.574. The zero-order valence-corrected chi connectivity index (χ0v) is 15.5. The minimum Gasteiger partial charge on any atom is -0.387 e. The third-order valence-electron chi connectivity index (χ3n) is 6.81. The molecule has 0 amide bonds. The van der Waals surface area contributed by atoms with Gasteiger partial charge in [0.25, 0.3) is 0 Å². The lowest BCUT2D eigenvalue weighted by Crippen LogP contribution is -2.67. The van der Waals surface area contributed by atoms with Crippen LogP contribution in [0.4, 0.5) is 19.0 Å². The lowest BCUT2D eigenvalue weighted by Gasteiger charge is -2.67. The molecule has 4 saturated carbocycles. The van der Waals surface area contributed by atoms with Crippen molar-refractivity contribution in [2.75, 3.05) is 5.73 Å². The van der Waals surface area contributed by atoms with E-state index in [1.54, 1.807) is 0 Å². The van der Waals surface area contributed by atoms with E-state index in [4.69, 9.17) is 5.73 Å². The van der Waals surface area contributed by atoms with Gasteiger partial charge < -0.3 is 15.7 Å². The molecule has 1 aromatic heterocycles. The Labute approximate surface area is 161 Å². The molecule has 0 spiro atoms. The standard InChI is InChI=1S/C21H24F3N3O/c22-21(23,24)16-6-15(10-26-19(16)25)14-2-1-3-17(18(28)13-4-5-13)27(11-14)20-7-12(8-20)9-20/h3,6,10-13,18,28H,1-2,4-5,7-9H2,(H2,25,26)/t12?,18-,20?/m1/s1. The van der Waals surface area contributed by atoms with Crippen LogP contribution >= 0.6 is 0 Å². The minimum absolute atomic E-state index is 0.0378. The summed E-state index contributed by atoms with van der Waals surface area (Å²) >= 11 is 0. The Balaban J connectivity index is 1.53. The second-order valence-electron chi connectivity index (χ2n) is 8.83. The molecule has 7 heteroatoms. The van der Waals surface area contributed by atoms with Crippen LogP contribution in [0.1, 0.15) is 56.1 Å². The van der Waals surface area contributed by atoms with E-state index in [2.05, 4.69) is 16.0 Å². The number of aliphatic hydroxyl groups is 1. The molecule has 4 nitrogen and oxygen atoms in total. The van der Waals surface area contributed by atoms with Gasteiger partial charge in [0.1, 0.15) is 5.82 Å². The molecule has 150 valence electrons. The molecule has 1 aromatic rings. The fourth-order valence-corrected chi connectivity index (χ4v) is 4.92. The van der Waals surface area contributed by atoms with Crippen LogP contribution in [0.25, 0.3) is 5.57 Å². The number of hydrogen-bond donors (Lipinski definition) is 2. The molecule has 6 rings (SSSR count). The van der Waals surface area contributed by atoms with Crippen molar-refractivity contribution in [3.05, 3.63) is 41.4 Å². The number of anilines is 1. The molecule has 4 aliphatic carbocycles. The van der Waals surface area contributed by atoms with E-state index in [9.17, 15) is 18.3 Å². The average molecular weight is 391 g/mol. The van der Waals surface area contributed by atoms with E-state index in [-0.39, 0.29) is 5.54 Å². The van der Waals surface area contributed by atoms with E-state index >= 15 is 0 Å². The fourth-order valence-electron chi connectivity index (χ4n) is 4.92. The van der Waals surface area contributed by atoms with Crippen molar-refractivity contribution in [1.82, 2.24) is 9.88 Å². The summed E-state index contributed by atoms with van der Waals surface area (Å²) in [7, 11) is 0. The summed E-state index contributed by atoms with van der Waals surface area (Å²) in [6.45, 7) is 0. The quantitative estimate of drug-likeness (QED) is 0.802. The van der Waals surface area contributed by atoms with Crippen LogP contribution in [0, 0.1) is 11.8 Å². The summed E-state index contributed by atoms with van der Waals surface area (Å²) in [6.07, 6.45) is 7.14. The number of nitrogen functional groups attached to an aromatic ring is 1. The molecule has 0 saturated heterocycles. The third kappa shape index (κ3) is 2.82. The Morgan fingerprint density at radius 3 is 2.54 bits per heavy atom. The first-order valence-electron chi connectivity index (χ1n) is 9.98. The summed E-state index contributed by atoms with van der Waals surface area (Å²) in [5.41, 5.74) is 6.82. The van der Waals surface area contributed by atoms with Gasteiger partial charge in [0.2, 0.25) is 0 Å². The number of pyridine rings is 1. The topological polar surface area (TPSA) is 62.4 Å². The average Bonchev–Trinajstić information content (AvgIpc) is 3.38. The second-order valence-corrected chi connectivity index (χ2v) is 8.83.